The van der Waals surface area contributed by atoms with Gasteiger partial charge in [0.25, 0.3) is 0 Å². The van der Waals surface area contributed by atoms with Crippen molar-refractivity contribution < 1.29 is 4.79 Å². The highest BCUT2D eigenvalue weighted by Crippen LogP contribution is 2.30. The van der Waals surface area contributed by atoms with Crippen LogP contribution in [0.3, 0.4) is 0 Å². The van der Waals surface area contributed by atoms with Gasteiger partial charge in [-0.1, -0.05) is 47.7 Å². The molecular formula is C19H14N4OS. The lowest BCUT2D eigenvalue weighted by atomic mass is 10.0. The molecule has 2 aromatic heterocycles. The molecule has 0 radical (unpaired) electrons. The van der Waals surface area contributed by atoms with Crippen LogP contribution in [0, 0.1) is 0 Å². The quantitative estimate of drug-likeness (QED) is 0.540. The van der Waals surface area contributed by atoms with Crippen LogP contribution in [0.2, 0.25) is 0 Å². The highest BCUT2D eigenvalue weighted by atomic mass is 32.1. The number of hydrogen-bond donors (Lipinski definition) is 2. The average molecular weight is 346 g/mol. The van der Waals surface area contributed by atoms with Crippen molar-refractivity contribution >= 4 is 44.5 Å². The van der Waals surface area contributed by atoms with Crippen molar-refractivity contribution in [1.82, 2.24) is 9.97 Å². The molecule has 3 N–H and O–H groups in total. The molecule has 25 heavy (non-hydrogen) atoms. The summed E-state index contributed by atoms with van der Waals surface area (Å²) in [5.41, 5.74) is 7.36. The van der Waals surface area contributed by atoms with Gasteiger partial charge in [0.1, 0.15) is 10.7 Å². The van der Waals surface area contributed by atoms with E-state index >= 15 is 0 Å². The molecule has 0 saturated carbocycles. The topological polar surface area (TPSA) is 80.9 Å². The Morgan fingerprint density at radius 3 is 2.68 bits per heavy atom. The first-order valence-electron chi connectivity index (χ1n) is 7.67. The van der Waals surface area contributed by atoms with Gasteiger partial charge in [-0.2, -0.15) is 0 Å². The molecule has 0 aliphatic carbocycles. The van der Waals surface area contributed by atoms with Gasteiger partial charge in [-0.05, 0) is 29.0 Å². The van der Waals surface area contributed by atoms with E-state index in [1.807, 2.05) is 54.6 Å². The van der Waals surface area contributed by atoms with Gasteiger partial charge < -0.3 is 11.1 Å². The first kappa shape index (κ1) is 15.3. The van der Waals surface area contributed by atoms with Gasteiger partial charge in [0.05, 0.1) is 11.9 Å². The predicted molar refractivity (Wildman–Crippen MR) is 101 cm³/mol. The largest absolute Gasteiger partial charge is 0.382 e. The second-order valence-corrected chi connectivity index (χ2v) is 6.49. The average Bonchev–Trinajstić information content (AvgIpc) is 3.01. The summed E-state index contributed by atoms with van der Waals surface area (Å²) in [5.74, 6) is 0.106. The fourth-order valence-corrected chi connectivity index (χ4v) is 3.44. The van der Waals surface area contributed by atoms with Crippen LogP contribution in [-0.4, -0.2) is 15.8 Å². The predicted octanol–water partition coefficient (Wildman–Crippen LogP) is 4.25. The van der Waals surface area contributed by atoms with Crippen molar-refractivity contribution in [2.75, 3.05) is 11.1 Å². The Labute approximate surface area is 148 Å². The summed E-state index contributed by atoms with van der Waals surface area (Å²) >= 11 is 1.24. The van der Waals surface area contributed by atoms with Crippen molar-refractivity contribution in [1.29, 1.82) is 0 Å². The lowest BCUT2D eigenvalue weighted by Gasteiger charge is -2.02. The van der Waals surface area contributed by atoms with Crippen LogP contribution >= 0.6 is 11.3 Å². The van der Waals surface area contributed by atoms with Gasteiger partial charge in [-0.15, -0.1) is 0 Å². The van der Waals surface area contributed by atoms with E-state index in [0.717, 1.165) is 16.5 Å². The molecule has 0 fully saturated rings. The highest BCUT2D eigenvalue weighted by Gasteiger charge is 2.18. The molecule has 0 spiro atoms. The normalized spacial score (nSPS) is 10.7. The van der Waals surface area contributed by atoms with Crippen molar-refractivity contribution in [3.63, 3.8) is 0 Å². The fraction of sp³-hybridized carbons (Fsp3) is 0. The number of fused-ring (bicyclic) bond motifs is 1. The minimum absolute atomic E-state index is 0.125. The van der Waals surface area contributed by atoms with E-state index in [2.05, 4.69) is 15.3 Å². The number of hydrogen-bond acceptors (Lipinski definition) is 6. The molecule has 0 aliphatic heterocycles. The Kier molecular flexibility index (Phi) is 3.87. The van der Waals surface area contributed by atoms with Crippen LogP contribution < -0.4 is 11.1 Å². The number of nitrogen functional groups attached to an aromatic ring is 1. The van der Waals surface area contributed by atoms with Crippen LogP contribution in [0.5, 0.6) is 0 Å². The summed E-state index contributed by atoms with van der Waals surface area (Å²) in [4.78, 5) is 21.5. The number of aromatic nitrogens is 2. The minimum Gasteiger partial charge on any atom is -0.382 e. The van der Waals surface area contributed by atoms with Gasteiger partial charge in [0, 0.05) is 11.8 Å². The zero-order chi connectivity index (χ0) is 17.2. The van der Waals surface area contributed by atoms with E-state index in [0.29, 0.717) is 15.6 Å². The number of pyridine rings is 1. The number of carbonyl (C=O) groups is 1. The number of nitrogens with two attached hydrogens (primary N) is 1. The Hall–Kier alpha value is -3.25. The highest BCUT2D eigenvalue weighted by molar-refractivity contribution is 7.18. The summed E-state index contributed by atoms with van der Waals surface area (Å²) < 4.78 is 0. The molecule has 6 heteroatoms. The van der Waals surface area contributed by atoms with Crippen LogP contribution in [-0.2, 0) is 0 Å². The van der Waals surface area contributed by atoms with Gasteiger partial charge in [0.15, 0.2) is 5.13 Å². The minimum atomic E-state index is -0.125. The Bertz CT molecular complexity index is 1060. The number of thiazole rings is 1. The Morgan fingerprint density at radius 1 is 1.04 bits per heavy atom. The van der Waals surface area contributed by atoms with Crippen LogP contribution in [0.4, 0.5) is 16.6 Å². The summed E-state index contributed by atoms with van der Waals surface area (Å²) in [7, 11) is 0. The molecule has 122 valence electrons. The van der Waals surface area contributed by atoms with E-state index in [1.54, 1.807) is 12.4 Å². The second-order valence-electron chi connectivity index (χ2n) is 5.49. The number of benzene rings is 2. The van der Waals surface area contributed by atoms with E-state index < -0.39 is 0 Å². The maximum absolute atomic E-state index is 12.8. The third kappa shape index (κ3) is 3.07. The lowest BCUT2D eigenvalue weighted by Crippen LogP contribution is -2.02. The maximum atomic E-state index is 12.8. The standard InChI is InChI=1S/C19H14N4OS/c20-18-17(25-19(23-18)22-15-6-3-9-21-11-15)16(24)14-8-7-12-4-1-2-5-13(12)10-14/h1-11H,20H2,(H,22,23). The number of nitrogens with zero attached hydrogens (tertiary/aromatic N) is 2. The van der Waals surface area contributed by atoms with Gasteiger partial charge in [-0.25, -0.2) is 4.98 Å². The molecule has 0 saturated heterocycles. The lowest BCUT2D eigenvalue weighted by molar-refractivity contribution is 0.104. The van der Waals surface area contributed by atoms with Crippen molar-refractivity contribution in [3.05, 3.63) is 77.4 Å². The number of rotatable bonds is 4. The Morgan fingerprint density at radius 2 is 1.88 bits per heavy atom. The summed E-state index contributed by atoms with van der Waals surface area (Å²) in [6, 6.07) is 17.3. The van der Waals surface area contributed by atoms with E-state index in [9.17, 15) is 4.79 Å². The molecule has 4 aromatic rings. The monoisotopic (exact) mass is 346 g/mol. The van der Waals surface area contributed by atoms with Gasteiger partial charge >= 0.3 is 0 Å². The third-order valence-corrected chi connectivity index (χ3v) is 4.77. The molecule has 2 heterocycles. The zero-order valence-corrected chi connectivity index (χ0v) is 14.0. The van der Waals surface area contributed by atoms with Crippen LogP contribution in [0.25, 0.3) is 10.8 Å². The fourth-order valence-electron chi connectivity index (χ4n) is 2.57. The molecule has 0 atom stereocenters. The molecule has 0 bridgehead atoms. The van der Waals surface area contributed by atoms with E-state index in [4.69, 9.17) is 5.73 Å². The molecule has 2 aromatic carbocycles. The second kappa shape index (κ2) is 6.33. The SMILES string of the molecule is Nc1nc(Nc2cccnc2)sc1C(=O)c1ccc2ccccc2c1. The van der Waals surface area contributed by atoms with Crippen molar-refractivity contribution in [2.24, 2.45) is 0 Å². The van der Waals surface area contributed by atoms with Gasteiger partial charge in [0.2, 0.25) is 5.78 Å². The summed E-state index contributed by atoms with van der Waals surface area (Å²) in [6.07, 6.45) is 3.37. The molecule has 0 aliphatic rings. The first-order chi connectivity index (χ1) is 12.2. The molecule has 5 nitrogen and oxygen atoms in total. The Balaban J connectivity index is 1.65. The van der Waals surface area contributed by atoms with E-state index in [-0.39, 0.29) is 11.6 Å². The number of nitrogens with one attached hydrogen (secondary N) is 1. The molecular weight excluding hydrogens is 332 g/mol. The van der Waals surface area contributed by atoms with Crippen molar-refractivity contribution in [2.45, 2.75) is 0 Å². The summed E-state index contributed by atoms with van der Waals surface area (Å²) in [5, 5.41) is 5.79. The number of carbonyl (C=O) groups excluding carboxylic acids is 1. The third-order valence-electron chi connectivity index (χ3n) is 3.78. The number of anilines is 3. The molecule has 0 amide bonds. The molecule has 4 rings (SSSR count). The van der Waals surface area contributed by atoms with Crippen LogP contribution in [0.15, 0.2) is 67.0 Å². The van der Waals surface area contributed by atoms with E-state index in [1.165, 1.54) is 11.3 Å². The maximum Gasteiger partial charge on any atom is 0.206 e. The van der Waals surface area contributed by atoms with Crippen molar-refractivity contribution in [3.8, 4) is 0 Å². The first-order valence-corrected chi connectivity index (χ1v) is 8.49. The zero-order valence-electron chi connectivity index (χ0n) is 13.1. The number of ketones is 1. The molecule has 0 unspecified atom stereocenters. The summed E-state index contributed by atoms with van der Waals surface area (Å²) in [6.45, 7) is 0. The van der Waals surface area contributed by atoms with Gasteiger partial charge in [-0.3, -0.25) is 9.78 Å². The van der Waals surface area contributed by atoms with Crippen LogP contribution in [0.1, 0.15) is 15.2 Å². The smallest absolute Gasteiger partial charge is 0.206 e.